The van der Waals surface area contributed by atoms with E-state index >= 15 is 0 Å². The van der Waals surface area contributed by atoms with Crippen LogP contribution in [0.3, 0.4) is 0 Å². The maximum Gasteiger partial charge on any atom is 0.262 e. The van der Waals surface area contributed by atoms with Crippen molar-refractivity contribution in [1.29, 1.82) is 0 Å². The van der Waals surface area contributed by atoms with Crippen LogP contribution in [-0.4, -0.2) is 18.5 Å². The average Bonchev–Trinajstić information content (AvgIpc) is 2.39. The molecule has 0 aliphatic rings. The van der Waals surface area contributed by atoms with E-state index in [1.807, 2.05) is 6.92 Å². The van der Waals surface area contributed by atoms with Gasteiger partial charge in [-0.15, -0.1) is 0 Å². The van der Waals surface area contributed by atoms with Crippen molar-refractivity contribution >= 4 is 15.7 Å². The van der Waals surface area contributed by atoms with Crippen LogP contribution in [0.1, 0.15) is 16.7 Å². The van der Waals surface area contributed by atoms with Gasteiger partial charge in [-0.2, -0.15) is 0 Å². The molecule has 0 fully saturated rings. The fraction of sp³-hybridized carbons (Fsp3) is 0.214. The number of benzene rings is 1. The van der Waals surface area contributed by atoms with Crippen molar-refractivity contribution in [1.82, 2.24) is 4.98 Å². The second-order valence-corrected chi connectivity index (χ2v) is 6.20. The van der Waals surface area contributed by atoms with Crippen LogP contribution in [0.2, 0.25) is 0 Å². The van der Waals surface area contributed by atoms with Crippen LogP contribution in [0.25, 0.3) is 0 Å². The molecule has 1 heterocycles. The van der Waals surface area contributed by atoms with Gasteiger partial charge in [0.2, 0.25) is 0 Å². The molecule has 106 valence electrons. The Morgan fingerprint density at radius 3 is 2.60 bits per heavy atom. The van der Waals surface area contributed by atoms with Crippen LogP contribution in [0.4, 0.5) is 5.69 Å². The first kappa shape index (κ1) is 14.5. The number of hydrogen-bond donors (Lipinski definition) is 2. The van der Waals surface area contributed by atoms with Gasteiger partial charge in [-0.05, 0) is 48.7 Å². The third-order valence-corrected chi connectivity index (χ3v) is 4.53. The van der Waals surface area contributed by atoms with E-state index in [0.29, 0.717) is 16.8 Å². The van der Waals surface area contributed by atoms with Crippen molar-refractivity contribution in [2.75, 3.05) is 4.72 Å². The van der Waals surface area contributed by atoms with Crippen LogP contribution in [0.15, 0.2) is 41.6 Å². The molecule has 6 heteroatoms. The summed E-state index contributed by atoms with van der Waals surface area (Å²) in [6, 6.07) is 6.53. The molecule has 2 rings (SSSR count). The van der Waals surface area contributed by atoms with Crippen LogP contribution in [-0.2, 0) is 16.6 Å². The molecule has 20 heavy (non-hydrogen) atoms. The molecule has 0 bridgehead atoms. The number of pyridine rings is 1. The van der Waals surface area contributed by atoms with Gasteiger partial charge in [-0.3, -0.25) is 9.71 Å². The van der Waals surface area contributed by atoms with Crippen LogP contribution in [0, 0.1) is 13.8 Å². The van der Waals surface area contributed by atoms with Gasteiger partial charge < -0.3 is 5.11 Å². The first-order chi connectivity index (χ1) is 9.44. The zero-order valence-corrected chi connectivity index (χ0v) is 12.1. The van der Waals surface area contributed by atoms with Gasteiger partial charge in [-0.25, -0.2) is 8.42 Å². The zero-order valence-electron chi connectivity index (χ0n) is 11.3. The number of rotatable bonds is 4. The summed E-state index contributed by atoms with van der Waals surface area (Å²) in [7, 11) is -3.69. The fourth-order valence-corrected chi connectivity index (χ4v) is 3.29. The maximum atomic E-state index is 12.4. The predicted octanol–water partition coefficient (Wildman–Crippen LogP) is 1.99. The Balaban J connectivity index is 2.44. The van der Waals surface area contributed by atoms with Crippen molar-refractivity contribution in [3.8, 4) is 0 Å². The van der Waals surface area contributed by atoms with E-state index in [9.17, 15) is 13.5 Å². The largest absolute Gasteiger partial charge is 0.392 e. The molecule has 1 aromatic carbocycles. The minimum Gasteiger partial charge on any atom is -0.392 e. The van der Waals surface area contributed by atoms with Crippen LogP contribution in [0.5, 0.6) is 0 Å². The zero-order chi connectivity index (χ0) is 14.8. The number of aliphatic hydroxyl groups excluding tert-OH is 1. The Labute approximate surface area is 118 Å². The lowest BCUT2D eigenvalue weighted by molar-refractivity contribution is 0.280. The molecule has 2 N–H and O–H groups in total. The van der Waals surface area contributed by atoms with Gasteiger partial charge >= 0.3 is 0 Å². The second-order valence-electron chi connectivity index (χ2n) is 4.55. The van der Waals surface area contributed by atoms with Gasteiger partial charge in [0, 0.05) is 6.20 Å². The second kappa shape index (κ2) is 5.60. The first-order valence-electron chi connectivity index (χ1n) is 6.08. The molecule has 0 atom stereocenters. The van der Waals surface area contributed by atoms with Gasteiger partial charge in [-0.1, -0.05) is 6.07 Å². The lowest BCUT2D eigenvalue weighted by atomic mass is 10.1. The van der Waals surface area contributed by atoms with Crippen molar-refractivity contribution in [2.45, 2.75) is 25.3 Å². The predicted molar refractivity (Wildman–Crippen MR) is 76.9 cm³/mol. The molecule has 0 spiro atoms. The number of aryl methyl sites for hydroxylation is 2. The van der Waals surface area contributed by atoms with E-state index in [0.717, 1.165) is 5.56 Å². The third kappa shape index (κ3) is 2.97. The Morgan fingerprint density at radius 1 is 1.25 bits per heavy atom. The Morgan fingerprint density at radius 2 is 2.00 bits per heavy atom. The minimum absolute atomic E-state index is 0.163. The van der Waals surface area contributed by atoms with Gasteiger partial charge in [0.05, 0.1) is 23.4 Å². The van der Waals surface area contributed by atoms with Crippen molar-refractivity contribution < 1.29 is 13.5 Å². The van der Waals surface area contributed by atoms with E-state index in [2.05, 4.69) is 9.71 Å². The summed E-state index contributed by atoms with van der Waals surface area (Å²) in [6.07, 6.45) is 3.01. The molecule has 0 unspecified atom stereocenters. The van der Waals surface area contributed by atoms with E-state index in [1.54, 1.807) is 31.3 Å². The number of aromatic nitrogens is 1. The quantitative estimate of drug-likeness (QED) is 0.903. The lowest BCUT2D eigenvalue weighted by Gasteiger charge is -2.13. The van der Waals surface area contributed by atoms with E-state index < -0.39 is 10.0 Å². The summed E-state index contributed by atoms with van der Waals surface area (Å²) in [5, 5.41) is 9.26. The number of nitrogens with zero attached hydrogens (tertiary/aromatic N) is 1. The summed E-state index contributed by atoms with van der Waals surface area (Å²) in [4.78, 5) is 4.03. The van der Waals surface area contributed by atoms with Crippen molar-refractivity contribution in [2.24, 2.45) is 0 Å². The van der Waals surface area contributed by atoms with Crippen molar-refractivity contribution in [3.63, 3.8) is 0 Å². The van der Waals surface area contributed by atoms with Gasteiger partial charge in [0.1, 0.15) is 0 Å². The molecule has 2 aromatic rings. The number of hydrogen-bond acceptors (Lipinski definition) is 4. The highest BCUT2D eigenvalue weighted by atomic mass is 32.2. The summed E-state index contributed by atoms with van der Waals surface area (Å²) >= 11 is 0. The maximum absolute atomic E-state index is 12.4. The third-order valence-electron chi connectivity index (χ3n) is 3.01. The number of aliphatic hydroxyl groups is 1. The molecule has 0 saturated heterocycles. The number of anilines is 1. The molecular weight excluding hydrogens is 276 g/mol. The van der Waals surface area contributed by atoms with Crippen molar-refractivity contribution in [3.05, 3.63) is 53.3 Å². The van der Waals surface area contributed by atoms with Crippen LogP contribution >= 0.6 is 0 Å². The molecule has 1 aromatic heterocycles. The smallest absolute Gasteiger partial charge is 0.262 e. The van der Waals surface area contributed by atoms with E-state index in [4.69, 9.17) is 0 Å². The summed E-state index contributed by atoms with van der Waals surface area (Å²) < 4.78 is 27.2. The monoisotopic (exact) mass is 292 g/mol. The molecule has 5 nitrogen and oxygen atoms in total. The molecule has 0 saturated carbocycles. The van der Waals surface area contributed by atoms with E-state index in [1.165, 1.54) is 12.3 Å². The highest BCUT2D eigenvalue weighted by Gasteiger charge is 2.18. The molecule has 0 aliphatic heterocycles. The number of nitrogens with one attached hydrogen (secondary N) is 1. The first-order valence-corrected chi connectivity index (χ1v) is 7.56. The molecule has 0 amide bonds. The highest BCUT2D eigenvalue weighted by Crippen LogP contribution is 2.22. The van der Waals surface area contributed by atoms with Gasteiger partial charge in [0.15, 0.2) is 0 Å². The molecular formula is C14H16N2O3S. The van der Waals surface area contributed by atoms with E-state index in [-0.39, 0.29) is 11.5 Å². The lowest BCUT2D eigenvalue weighted by Crippen LogP contribution is -2.15. The Kier molecular flexibility index (Phi) is 4.06. The summed E-state index contributed by atoms with van der Waals surface area (Å²) in [6.45, 7) is 3.37. The SMILES string of the molecule is Cc1cc(C)c(S(=O)(=O)Nc2cccnc2)cc1CO. The summed E-state index contributed by atoms with van der Waals surface area (Å²) in [5.41, 5.74) is 2.50. The minimum atomic E-state index is -3.69. The highest BCUT2D eigenvalue weighted by molar-refractivity contribution is 7.92. The van der Waals surface area contributed by atoms with Crippen LogP contribution < -0.4 is 4.72 Å². The molecule has 0 aliphatic carbocycles. The standard InChI is InChI=1S/C14H16N2O3S/c1-10-6-11(2)14(7-12(10)9-17)20(18,19)16-13-4-3-5-15-8-13/h3-8,16-17H,9H2,1-2H3. The van der Waals surface area contributed by atoms with Gasteiger partial charge in [0.25, 0.3) is 10.0 Å². The Bertz CT molecular complexity index is 713. The molecule has 0 radical (unpaired) electrons. The fourth-order valence-electron chi connectivity index (χ4n) is 1.97. The summed E-state index contributed by atoms with van der Waals surface area (Å²) in [5.74, 6) is 0. The topological polar surface area (TPSA) is 79.3 Å². The Hall–Kier alpha value is -1.92. The normalized spacial score (nSPS) is 11.3. The average molecular weight is 292 g/mol. The number of sulfonamides is 1.